The molecule has 0 unspecified atom stereocenters. The molecule has 0 amide bonds. The van der Waals surface area contributed by atoms with Crippen LogP contribution in [0, 0.1) is 20.2 Å². The third-order valence-corrected chi connectivity index (χ3v) is 3.86. The van der Waals surface area contributed by atoms with Gasteiger partial charge >= 0.3 is 11.4 Å². The molecule has 0 spiro atoms. The van der Waals surface area contributed by atoms with Crippen LogP contribution in [0.1, 0.15) is 50.5 Å². The lowest BCUT2D eigenvalue weighted by atomic mass is 9.95. The van der Waals surface area contributed by atoms with Crippen LogP contribution in [0.5, 0.6) is 11.5 Å². The van der Waals surface area contributed by atoms with Crippen LogP contribution in [0.4, 0.5) is 11.4 Å². The van der Waals surface area contributed by atoms with Gasteiger partial charge in [-0.25, -0.2) is 0 Å². The van der Waals surface area contributed by atoms with Gasteiger partial charge < -0.3 is 10.2 Å². The molecule has 11 heteroatoms. The molecule has 0 aliphatic heterocycles. The lowest BCUT2D eigenvalue weighted by Gasteiger charge is -2.08. The fourth-order valence-corrected chi connectivity index (χ4v) is 2.48. The maximum Gasteiger partial charge on any atom is 0.312 e. The molecule has 0 heterocycles. The number of nitro groups is 2. The summed E-state index contributed by atoms with van der Waals surface area (Å²) in [5.74, 6) is -4.34. The highest BCUT2D eigenvalue weighted by Crippen LogP contribution is 2.35. The summed E-state index contributed by atoms with van der Waals surface area (Å²) in [5, 5.41) is 41.9. The van der Waals surface area contributed by atoms with Gasteiger partial charge in [-0.1, -0.05) is 0 Å². The SMILES string of the molecule is CC(=O)c1cc(C(=O)c2cc(C(C)=O)c(O)c([N+](=O)[O-])c2)cc([N+](=O)[O-])c1O. The number of nitrogens with zero attached hydrogens (tertiary/aromatic N) is 2. The molecule has 0 aromatic heterocycles. The number of ketones is 3. The first-order chi connectivity index (χ1) is 13.0. The summed E-state index contributed by atoms with van der Waals surface area (Å²) in [6.45, 7) is 2.04. The van der Waals surface area contributed by atoms with Gasteiger partial charge in [0.25, 0.3) is 0 Å². The highest BCUT2D eigenvalue weighted by Gasteiger charge is 2.27. The normalized spacial score (nSPS) is 10.4. The van der Waals surface area contributed by atoms with Crippen LogP contribution < -0.4 is 0 Å². The van der Waals surface area contributed by atoms with Gasteiger partial charge in [-0.15, -0.1) is 0 Å². The van der Waals surface area contributed by atoms with Crippen molar-refractivity contribution in [2.24, 2.45) is 0 Å². The quantitative estimate of drug-likeness (QED) is 0.427. The molecule has 0 aliphatic rings. The number of carbonyl (C=O) groups is 3. The number of hydrogen-bond donors (Lipinski definition) is 2. The van der Waals surface area contributed by atoms with E-state index in [9.17, 15) is 44.8 Å². The highest BCUT2D eigenvalue weighted by atomic mass is 16.6. The number of aromatic hydroxyl groups is 2. The molecule has 2 rings (SSSR count). The molecule has 11 nitrogen and oxygen atoms in total. The van der Waals surface area contributed by atoms with Crippen molar-refractivity contribution >= 4 is 28.7 Å². The Morgan fingerprint density at radius 2 is 1.07 bits per heavy atom. The van der Waals surface area contributed by atoms with E-state index in [2.05, 4.69) is 0 Å². The third-order valence-electron chi connectivity index (χ3n) is 3.86. The van der Waals surface area contributed by atoms with Crippen LogP contribution in [0.15, 0.2) is 24.3 Å². The molecule has 0 bridgehead atoms. The van der Waals surface area contributed by atoms with Crippen molar-refractivity contribution < 1.29 is 34.4 Å². The number of benzene rings is 2. The van der Waals surface area contributed by atoms with Crippen molar-refractivity contribution in [3.05, 3.63) is 66.7 Å². The molecule has 0 atom stereocenters. The summed E-state index contributed by atoms with van der Waals surface area (Å²) >= 11 is 0. The molecule has 0 radical (unpaired) electrons. The lowest BCUT2D eigenvalue weighted by Crippen LogP contribution is -2.08. The van der Waals surface area contributed by atoms with E-state index in [1.54, 1.807) is 0 Å². The van der Waals surface area contributed by atoms with Gasteiger partial charge in [0.1, 0.15) is 0 Å². The van der Waals surface area contributed by atoms with E-state index in [1.165, 1.54) is 0 Å². The topological polar surface area (TPSA) is 178 Å². The summed E-state index contributed by atoms with van der Waals surface area (Å²) in [6.07, 6.45) is 0. The van der Waals surface area contributed by atoms with Crippen LogP contribution >= 0.6 is 0 Å². The number of hydrogen-bond acceptors (Lipinski definition) is 9. The van der Waals surface area contributed by atoms with Gasteiger partial charge in [0.15, 0.2) is 17.3 Å². The first-order valence-corrected chi connectivity index (χ1v) is 7.55. The first kappa shape index (κ1) is 20.2. The Bertz CT molecular complexity index is 919. The molecule has 0 aliphatic carbocycles. The Hall–Kier alpha value is -4.15. The van der Waals surface area contributed by atoms with E-state index in [4.69, 9.17) is 0 Å². The number of carbonyl (C=O) groups excluding carboxylic acids is 3. The van der Waals surface area contributed by atoms with Gasteiger partial charge in [0.05, 0.1) is 21.0 Å². The van der Waals surface area contributed by atoms with E-state index in [-0.39, 0.29) is 0 Å². The minimum atomic E-state index is -1.00. The Morgan fingerprint density at radius 3 is 1.32 bits per heavy atom. The second-order valence-electron chi connectivity index (χ2n) is 5.74. The number of phenolic OH excluding ortho intramolecular Hbond substituents is 2. The van der Waals surface area contributed by atoms with Crippen LogP contribution in [-0.2, 0) is 0 Å². The molecular formula is C17H12N2O9. The van der Waals surface area contributed by atoms with E-state index in [0.29, 0.717) is 12.1 Å². The van der Waals surface area contributed by atoms with Gasteiger partial charge in [-0.3, -0.25) is 34.6 Å². The average Bonchev–Trinajstić information content (AvgIpc) is 2.60. The fourth-order valence-electron chi connectivity index (χ4n) is 2.48. The number of phenols is 2. The third kappa shape index (κ3) is 3.53. The Morgan fingerprint density at radius 1 is 0.750 bits per heavy atom. The number of rotatable bonds is 6. The molecule has 0 saturated heterocycles. The highest BCUT2D eigenvalue weighted by molar-refractivity contribution is 6.13. The van der Waals surface area contributed by atoms with Gasteiger partial charge in [0, 0.05) is 23.3 Å². The zero-order valence-corrected chi connectivity index (χ0v) is 14.5. The van der Waals surface area contributed by atoms with Crippen molar-refractivity contribution in [1.82, 2.24) is 0 Å². The van der Waals surface area contributed by atoms with E-state index in [0.717, 1.165) is 26.0 Å². The van der Waals surface area contributed by atoms with Crippen LogP contribution in [0.3, 0.4) is 0 Å². The Balaban J connectivity index is 2.76. The molecule has 144 valence electrons. The summed E-state index contributed by atoms with van der Waals surface area (Å²) in [6, 6.07) is 3.21. The minimum absolute atomic E-state index is 0.413. The summed E-state index contributed by atoms with van der Waals surface area (Å²) < 4.78 is 0. The van der Waals surface area contributed by atoms with Crippen molar-refractivity contribution in [3.8, 4) is 11.5 Å². The largest absolute Gasteiger partial charge is 0.502 e. The van der Waals surface area contributed by atoms with E-state index < -0.39 is 72.3 Å². The fraction of sp³-hybridized carbons (Fsp3) is 0.118. The maximum atomic E-state index is 12.7. The molecule has 2 N–H and O–H groups in total. The molecule has 0 saturated carbocycles. The van der Waals surface area contributed by atoms with Crippen molar-refractivity contribution in [2.45, 2.75) is 13.8 Å². The summed E-state index contributed by atoms with van der Waals surface area (Å²) in [4.78, 5) is 56.2. The molecule has 28 heavy (non-hydrogen) atoms. The van der Waals surface area contributed by atoms with Crippen molar-refractivity contribution in [3.63, 3.8) is 0 Å². The monoisotopic (exact) mass is 388 g/mol. The number of Topliss-reactive ketones (excluding diaryl/α,β-unsaturated/α-hetero) is 2. The smallest absolute Gasteiger partial charge is 0.312 e. The molecular weight excluding hydrogens is 376 g/mol. The van der Waals surface area contributed by atoms with Crippen molar-refractivity contribution in [1.29, 1.82) is 0 Å². The van der Waals surface area contributed by atoms with Crippen LogP contribution in [-0.4, -0.2) is 37.4 Å². The molecule has 0 fully saturated rings. The summed E-state index contributed by atoms with van der Waals surface area (Å²) in [7, 11) is 0. The molecule has 2 aromatic rings. The average molecular weight is 388 g/mol. The van der Waals surface area contributed by atoms with Crippen LogP contribution in [0.25, 0.3) is 0 Å². The standard InChI is InChI=1S/C17H12N2O9/c1-7(20)11-3-9(5-13(16(11)23)18(25)26)15(22)10-4-12(8(2)21)17(24)14(6-10)19(27)28/h3-6,23-24H,1-2H3. The van der Waals surface area contributed by atoms with Gasteiger partial charge in [-0.2, -0.15) is 0 Å². The zero-order valence-electron chi connectivity index (χ0n) is 14.5. The van der Waals surface area contributed by atoms with E-state index in [1.807, 2.05) is 0 Å². The zero-order chi connectivity index (χ0) is 21.3. The maximum absolute atomic E-state index is 12.7. The minimum Gasteiger partial charge on any atom is -0.502 e. The second kappa shape index (κ2) is 7.23. The predicted octanol–water partition coefficient (Wildman–Crippen LogP) is 2.55. The van der Waals surface area contributed by atoms with Crippen molar-refractivity contribution in [2.75, 3.05) is 0 Å². The van der Waals surface area contributed by atoms with Gasteiger partial charge in [0.2, 0.25) is 11.5 Å². The van der Waals surface area contributed by atoms with E-state index >= 15 is 0 Å². The van der Waals surface area contributed by atoms with Crippen LogP contribution in [0.2, 0.25) is 0 Å². The molecule has 2 aromatic carbocycles. The van der Waals surface area contributed by atoms with Gasteiger partial charge in [-0.05, 0) is 26.0 Å². The first-order valence-electron chi connectivity index (χ1n) is 7.55. The Labute approximate surface area is 156 Å². The Kier molecular flexibility index (Phi) is 5.21. The lowest BCUT2D eigenvalue weighted by molar-refractivity contribution is -0.386. The predicted molar refractivity (Wildman–Crippen MR) is 93.0 cm³/mol. The second-order valence-corrected chi connectivity index (χ2v) is 5.74. The number of nitro benzene ring substituents is 2. The summed E-state index contributed by atoms with van der Waals surface area (Å²) in [5.41, 5.74) is -3.61.